The molecule has 23 heavy (non-hydrogen) atoms. The molecule has 2 heterocycles. The first-order valence-corrected chi connectivity index (χ1v) is 8.79. The van der Waals surface area contributed by atoms with Crippen molar-refractivity contribution in [2.24, 2.45) is 11.7 Å². The Labute approximate surface area is 140 Å². The van der Waals surface area contributed by atoms with Crippen LogP contribution in [0, 0.1) is 5.92 Å². The largest absolute Gasteiger partial charge is 0.497 e. The maximum absolute atomic E-state index is 5.82. The van der Waals surface area contributed by atoms with E-state index >= 15 is 0 Å². The highest BCUT2D eigenvalue weighted by Crippen LogP contribution is 2.27. The first-order chi connectivity index (χ1) is 11.3. The van der Waals surface area contributed by atoms with Gasteiger partial charge in [-0.1, -0.05) is 11.8 Å². The molecular weight excluding hydrogens is 312 g/mol. The Morgan fingerprint density at radius 3 is 2.83 bits per heavy atom. The molecule has 1 atom stereocenters. The monoisotopic (exact) mass is 334 g/mol. The molecule has 3 rings (SSSR count). The predicted octanol–water partition coefficient (Wildman–Crippen LogP) is 2.25. The summed E-state index contributed by atoms with van der Waals surface area (Å²) in [6.07, 6.45) is 2.36. The van der Waals surface area contributed by atoms with Gasteiger partial charge in [-0.05, 0) is 43.0 Å². The van der Waals surface area contributed by atoms with Crippen LogP contribution in [0.5, 0.6) is 5.75 Å². The maximum atomic E-state index is 5.82. The van der Waals surface area contributed by atoms with E-state index in [1.807, 2.05) is 28.8 Å². The second-order valence-electron chi connectivity index (χ2n) is 5.53. The number of rotatable bonds is 6. The number of aromatic nitrogens is 3. The second-order valence-corrected chi connectivity index (χ2v) is 6.52. The average molecular weight is 334 g/mol. The van der Waals surface area contributed by atoms with E-state index in [9.17, 15) is 0 Å². The normalized spacial score (nSPS) is 18.1. The van der Waals surface area contributed by atoms with Crippen molar-refractivity contribution in [2.75, 3.05) is 26.1 Å². The molecule has 0 amide bonds. The lowest BCUT2D eigenvalue weighted by Gasteiger charge is -2.21. The molecule has 0 unspecified atom stereocenters. The van der Waals surface area contributed by atoms with Crippen LogP contribution < -0.4 is 10.5 Å². The predicted molar refractivity (Wildman–Crippen MR) is 90.1 cm³/mol. The molecule has 2 aromatic rings. The van der Waals surface area contributed by atoms with Crippen LogP contribution in [-0.4, -0.2) is 40.8 Å². The van der Waals surface area contributed by atoms with Crippen molar-refractivity contribution in [2.45, 2.75) is 24.5 Å². The summed E-state index contributed by atoms with van der Waals surface area (Å²) in [7, 11) is 1.66. The van der Waals surface area contributed by atoms with Gasteiger partial charge in [-0.2, -0.15) is 0 Å². The molecule has 0 radical (unpaired) electrons. The van der Waals surface area contributed by atoms with Gasteiger partial charge in [-0.15, -0.1) is 10.2 Å². The zero-order chi connectivity index (χ0) is 16.1. The minimum Gasteiger partial charge on any atom is -0.497 e. The zero-order valence-electron chi connectivity index (χ0n) is 13.3. The van der Waals surface area contributed by atoms with Crippen molar-refractivity contribution in [1.29, 1.82) is 0 Å². The fourth-order valence-electron chi connectivity index (χ4n) is 2.65. The molecule has 0 spiro atoms. The lowest BCUT2D eigenvalue weighted by molar-refractivity contribution is 0.0632. The van der Waals surface area contributed by atoms with E-state index in [0.717, 1.165) is 47.8 Å². The van der Waals surface area contributed by atoms with Crippen LogP contribution in [0.2, 0.25) is 0 Å². The van der Waals surface area contributed by atoms with E-state index in [4.69, 9.17) is 15.2 Å². The van der Waals surface area contributed by atoms with Crippen LogP contribution in [-0.2, 0) is 11.3 Å². The van der Waals surface area contributed by atoms with Crippen LogP contribution in [0.3, 0.4) is 0 Å². The number of ether oxygens (including phenoxy) is 2. The third-order valence-electron chi connectivity index (χ3n) is 3.92. The van der Waals surface area contributed by atoms with Crippen molar-refractivity contribution in [3.8, 4) is 11.4 Å². The van der Waals surface area contributed by atoms with Crippen LogP contribution in [0.4, 0.5) is 0 Å². The first-order valence-electron chi connectivity index (χ1n) is 7.81. The average Bonchev–Trinajstić information content (AvgIpc) is 3.04. The Balaban J connectivity index is 1.78. The van der Waals surface area contributed by atoms with Crippen molar-refractivity contribution in [3.05, 3.63) is 30.1 Å². The fourth-order valence-corrected chi connectivity index (χ4v) is 3.73. The van der Waals surface area contributed by atoms with Gasteiger partial charge in [0, 0.05) is 18.0 Å². The van der Waals surface area contributed by atoms with Crippen molar-refractivity contribution in [1.82, 2.24) is 14.8 Å². The van der Waals surface area contributed by atoms with Gasteiger partial charge < -0.3 is 15.2 Å². The van der Waals surface area contributed by atoms with Crippen LogP contribution in [0.15, 0.2) is 29.4 Å². The highest BCUT2D eigenvalue weighted by molar-refractivity contribution is 7.99. The van der Waals surface area contributed by atoms with E-state index in [1.54, 1.807) is 18.9 Å². The minimum atomic E-state index is 0.353. The summed E-state index contributed by atoms with van der Waals surface area (Å²) in [6.45, 7) is 2.08. The quantitative estimate of drug-likeness (QED) is 0.817. The molecule has 1 aromatic heterocycles. The van der Waals surface area contributed by atoms with Crippen molar-refractivity contribution < 1.29 is 9.47 Å². The third-order valence-corrected chi connectivity index (χ3v) is 5.08. The lowest BCUT2D eigenvalue weighted by atomic mass is 10.1. The Bertz CT molecular complexity index is 624. The van der Waals surface area contributed by atoms with Gasteiger partial charge in [0.05, 0.1) is 20.3 Å². The SMILES string of the molecule is COc1ccc(-n2c(CN)nnc2SC[C@@H]2CCCOC2)cc1. The van der Waals surface area contributed by atoms with Gasteiger partial charge >= 0.3 is 0 Å². The van der Waals surface area contributed by atoms with Crippen LogP contribution >= 0.6 is 11.8 Å². The van der Waals surface area contributed by atoms with Gasteiger partial charge in [-0.25, -0.2) is 0 Å². The fraction of sp³-hybridized carbons (Fsp3) is 0.500. The second kappa shape index (κ2) is 7.81. The number of benzene rings is 1. The minimum absolute atomic E-state index is 0.353. The number of hydrogen-bond donors (Lipinski definition) is 1. The lowest BCUT2D eigenvalue weighted by Crippen LogP contribution is -2.19. The molecule has 0 saturated carbocycles. The van der Waals surface area contributed by atoms with Gasteiger partial charge in [0.2, 0.25) is 0 Å². The molecule has 7 heteroatoms. The van der Waals surface area contributed by atoms with E-state index in [-0.39, 0.29) is 0 Å². The summed E-state index contributed by atoms with van der Waals surface area (Å²) in [5, 5.41) is 9.41. The van der Waals surface area contributed by atoms with Gasteiger partial charge in [0.15, 0.2) is 11.0 Å². The Morgan fingerprint density at radius 1 is 1.35 bits per heavy atom. The molecule has 1 aliphatic heterocycles. The maximum Gasteiger partial charge on any atom is 0.195 e. The highest BCUT2D eigenvalue weighted by atomic mass is 32.2. The van der Waals surface area contributed by atoms with Crippen molar-refractivity contribution in [3.63, 3.8) is 0 Å². The summed E-state index contributed by atoms with van der Waals surface area (Å²) >= 11 is 1.72. The third kappa shape index (κ3) is 3.85. The number of hydrogen-bond acceptors (Lipinski definition) is 6. The van der Waals surface area contributed by atoms with Crippen molar-refractivity contribution >= 4 is 11.8 Å². The van der Waals surface area contributed by atoms with E-state index in [2.05, 4.69) is 10.2 Å². The molecule has 2 N–H and O–H groups in total. The van der Waals surface area contributed by atoms with Gasteiger partial charge in [0.25, 0.3) is 0 Å². The van der Waals surface area contributed by atoms with E-state index in [1.165, 1.54) is 6.42 Å². The standard InChI is InChI=1S/C16H22N4O2S/c1-21-14-6-4-13(5-7-14)20-15(9-17)18-19-16(20)23-11-12-3-2-8-22-10-12/h4-7,12H,2-3,8-11,17H2,1H3/t12-/m1/s1. The highest BCUT2D eigenvalue weighted by Gasteiger charge is 2.18. The molecule has 0 bridgehead atoms. The molecular formula is C16H22N4O2S. The first kappa shape index (κ1) is 16.3. The Kier molecular flexibility index (Phi) is 5.53. The smallest absolute Gasteiger partial charge is 0.195 e. The zero-order valence-corrected chi connectivity index (χ0v) is 14.1. The molecule has 6 nitrogen and oxygen atoms in total. The molecule has 0 aliphatic carbocycles. The molecule has 1 aliphatic rings. The molecule has 1 aromatic carbocycles. The summed E-state index contributed by atoms with van der Waals surface area (Å²) in [5.41, 5.74) is 6.82. The Morgan fingerprint density at radius 2 is 2.17 bits per heavy atom. The number of nitrogens with zero attached hydrogens (tertiary/aromatic N) is 3. The van der Waals surface area contributed by atoms with Crippen LogP contribution in [0.25, 0.3) is 5.69 Å². The van der Waals surface area contributed by atoms with Crippen LogP contribution in [0.1, 0.15) is 18.7 Å². The number of thioether (sulfide) groups is 1. The number of methoxy groups -OCH3 is 1. The van der Waals surface area contributed by atoms with E-state index in [0.29, 0.717) is 12.5 Å². The summed E-state index contributed by atoms with van der Waals surface area (Å²) in [4.78, 5) is 0. The molecule has 124 valence electrons. The summed E-state index contributed by atoms with van der Waals surface area (Å²) in [6, 6.07) is 7.85. The molecule has 1 saturated heterocycles. The number of nitrogens with two attached hydrogens (primary N) is 1. The summed E-state index contributed by atoms with van der Waals surface area (Å²) in [5.74, 6) is 3.15. The Hall–Kier alpha value is -1.57. The summed E-state index contributed by atoms with van der Waals surface area (Å²) < 4.78 is 12.8. The molecule has 1 fully saturated rings. The van der Waals surface area contributed by atoms with Gasteiger partial charge in [0.1, 0.15) is 5.75 Å². The van der Waals surface area contributed by atoms with E-state index < -0.39 is 0 Å². The van der Waals surface area contributed by atoms with Gasteiger partial charge in [-0.3, -0.25) is 4.57 Å². The topological polar surface area (TPSA) is 75.2 Å².